The van der Waals surface area contributed by atoms with Crippen molar-refractivity contribution in [3.8, 4) is 0 Å². The van der Waals surface area contributed by atoms with Crippen molar-refractivity contribution in [1.29, 1.82) is 0 Å². The van der Waals surface area contributed by atoms with Crippen LogP contribution < -0.4 is 0 Å². The predicted molar refractivity (Wildman–Crippen MR) is 113 cm³/mol. The van der Waals surface area contributed by atoms with Crippen LogP contribution in [0.3, 0.4) is 0 Å². The van der Waals surface area contributed by atoms with Crippen molar-refractivity contribution in [2.45, 2.75) is 60.3 Å². The van der Waals surface area contributed by atoms with Gasteiger partial charge in [-0.2, -0.15) is 0 Å². The van der Waals surface area contributed by atoms with Crippen molar-refractivity contribution in [3.05, 3.63) is 86.6 Å². The molecule has 3 aliphatic carbocycles. The highest BCUT2D eigenvalue weighted by molar-refractivity contribution is 5.86. The zero-order chi connectivity index (χ0) is 18.6. The van der Waals surface area contributed by atoms with Crippen LogP contribution >= 0.6 is 0 Å². The molecule has 2 unspecified atom stereocenters. The molecule has 0 radical (unpaired) electrons. The number of allylic oxidation sites excluding steroid dienone is 10. The second-order valence-electron chi connectivity index (χ2n) is 8.43. The van der Waals surface area contributed by atoms with Crippen molar-refractivity contribution in [3.63, 3.8) is 0 Å². The second-order valence-corrected chi connectivity index (χ2v) is 8.43. The number of fused-ring (bicyclic) bond motifs is 5. The lowest BCUT2D eigenvalue weighted by atomic mass is 9.79. The van der Waals surface area contributed by atoms with E-state index in [2.05, 4.69) is 78.0 Å². The Morgan fingerprint density at radius 1 is 0.962 bits per heavy atom. The van der Waals surface area contributed by atoms with Crippen LogP contribution in [0, 0.1) is 19.8 Å². The summed E-state index contributed by atoms with van der Waals surface area (Å²) in [5, 5.41) is 0. The maximum atomic E-state index is 2.52. The first kappa shape index (κ1) is 17.3. The lowest BCUT2D eigenvalue weighted by molar-refractivity contribution is 0.670. The van der Waals surface area contributed by atoms with E-state index >= 15 is 0 Å². The van der Waals surface area contributed by atoms with Gasteiger partial charge >= 0.3 is 0 Å². The Bertz CT molecular complexity index is 940. The highest BCUT2D eigenvalue weighted by atomic mass is 14.3. The van der Waals surface area contributed by atoms with Crippen molar-refractivity contribution < 1.29 is 0 Å². The molecular formula is C26H30. The van der Waals surface area contributed by atoms with Crippen LogP contribution in [0.1, 0.15) is 68.7 Å². The molecule has 2 atom stereocenters. The number of aryl methyl sites for hydroxylation is 2. The van der Waals surface area contributed by atoms with Gasteiger partial charge in [-0.1, -0.05) is 55.9 Å². The van der Waals surface area contributed by atoms with Crippen LogP contribution in [0.4, 0.5) is 0 Å². The summed E-state index contributed by atoms with van der Waals surface area (Å²) in [6.07, 6.45) is 12.2. The summed E-state index contributed by atoms with van der Waals surface area (Å²) in [6, 6.07) is 4.87. The molecule has 3 aliphatic rings. The first-order valence-corrected chi connectivity index (χ1v) is 10.0. The van der Waals surface area contributed by atoms with Gasteiger partial charge in [-0.3, -0.25) is 0 Å². The summed E-state index contributed by atoms with van der Waals surface area (Å²) in [6.45, 7) is 13.7. The van der Waals surface area contributed by atoms with E-state index in [1.165, 1.54) is 50.1 Å². The van der Waals surface area contributed by atoms with Crippen LogP contribution in [0.5, 0.6) is 0 Å². The Kier molecular flexibility index (Phi) is 4.18. The standard InChI is InChI=1S/C26H30/c1-7-20-13-22-14-21(8-19(20)6)23-9-15(2)17(4)11-25(23)26-12-18(5)16(3)10-24(22)26/h8,10-15,22H,7,9H2,1-6H3. The van der Waals surface area contributed by atoms with E-state index in [0.29, 0.717) is 11.8 Å². The van der Waals surface area contributed by atoms with E-state index < -0.39 is 0 Å². The Hall–Kier alpha value is -2.08. The average molecular weight is 343 g/mol. The molecule has 0 nitrogen and oxygen atoms in total. The average Bonchev–Trinajstić information content (AvgIpc) is 2.83. The molecule has 0 amide bonds. The van der Waals surface area contributed by atoms with E-state index in [-0.39, 0.29) is 0 Å². The summed E-state index contributed by atoms with van der Waals surface area (Å²) >= 11 is 0. The normalized spacial score (nSPS) is 24.5. The lowest BCUT2D eigenvalue weighted by Gasteiger charge is -2.26. The van der Waals surface area contributed by atoms with Crippen LogP contribution in [0.15, 0.2) is 64.3 Å². The monoisotopic (exact) mass is 342 g/mol. The molecule has 134 valence electrons. The molecule has 0 saturated carbocycles. The first-order valence-electron chi connectivity index (χ1n) is 10.0. The summed E-state index contributed by atoms with van der Waals surface area (Å²) < 4.78 is 0. The van der Waals surface area contributed by atoms with Crippen molar-refractivity contribution >= 4 is 5.57 Å². The number of hydrogen-bond donors (Lipinski definition) is 0. The minimum absolute atomic E-state index is 0.373. The molecule has 4 rings (SSSR count). The largest absolute Gasteiger partial charge is 0.0697 e. The second kappa shape index (κ2) is 6.27. The van der Waals surface area contributed by atoms with Crippen LogP contribution in [0.2, 0.25) is 0 Å². The molecule has 0 aliphatic heterocycles. The molecule has 2 bridgehead atoms. The van der Waals surface area contributed by atoms with E-state index in [4.69, 9.17) is 0 Å². The SMILES string of the molecule is CCC1=CC2C=C(C=C1C)C1=C(C=C(C)C(C)C1)c1cc(C)c(C)cc12. The fraction of sp³-hybridized carbons (Fsp3) is 0.385. The fourth-order valence-electron chi connectivity index (χ4n) is 4.62. The molecule has 0 spiro atoms. The van der Waals surface area contributed by atoms with Gasteiger partial charge in [0.05, 0.1) is 0 Å². The lowest BCUT2D eigenvalue weighted by Crippen LogP contribution is -2.08. The van der Waals surface area contributed by atoms with Crippen molar-refractivity contribution in [2.75, 3.05) is 0 Å². The number of hydrogen-bond acceptors (Lipinski definition) is 0. The zero-order valence-corrected chi connectivity index (χ0v) is 17.0. The van der Waals surface area contributed by atoms with Gasteiger partial charge in [0.2, 0.25) is 0 Å². The minimum atomic E-state index is 0.373. The third kappa shape index (κ3) is 2.67. The van der Waals surface area contributed by atoms with Gasteiger partial charge in [0.1, 0.15) is 0 Å². The minimum Gasteiger partial charge on any atom is -0.0697 e. The van der Waals surface area contributed by atoms with Crippen molar-refractivity contribution in [1.82, 2.24) is 0 Å². The fourth-order valence-corrected chi connectivity index (χ4v) is 4.62. The predicted octanol–water partition coefficient (Wildman–Crippen LogP) is 7.36. The van der Waals surface area contributed by atoms with Gasteiger partial charge in [0.15, 0.2) is 0 Å². The van der Waals surface area contributed by atoms with Crippen molar-refractivity contribution in [2.24, 2.45) is 5.92 Å². The number of rotatable bonds is 1. The Labute approximate surface area is 158 Å². The van der Waals surface area contributed by atoms with Gasteiger partial charge in [-0.05, 0) is 96.6 Å². The Balaban J connectivity index is 2.05. The summed E-state index contributed by atoms with van der Waals surface area (Å²) in [7, 11) is 0. The quantitative estimate of drug-likeness (QED) is 0.500. The van der Waals surface area contributed by atoms with E-state index in [1.807, 2.05) is 0 Å². The topological polar surface area (TPSA) is 0 Å². The summed E-state index contributed by atoms with van der Waals surface area (Å²) in [5.41, 5.74) is 14.6. The molecule has 1 aromatic carbocycles. The van der Waals surface area contributed by atoms with Gasteiger partial charge in [0, 0.05) is 5.92 Å². The van der Waals surface area contributed by atoms with Crippen LogP contribution in [-0.2, 0) is 0 Å². The molecule has 0 heterocycles. The first-order chi connectivity index (χ1) is 12.4. The highest BCUT2D eigenvalue weighted by Crippen LogP contribution is 2.46. The van der Waals surface area contributed by atoms with Gasteiger partial charge in [-0.15, -0.1) is 0 Å². The molecule has 0 N–H and O–H groups in total. The smallest absolute Gasteiger partial charge is 0.0219 e. The molecule has 0 aromatic heterocycles. The zero-order valence-electron chi connectivity index (χ0n) is 17.0. The highest BCUT2D eigenvalue weighted by Gasteiger charge is 2.28. The van der Waals surface area contributed by atoms with Crippen LogP contribution in [0.25, 0.3) is 5.57 Å². The Morgan fingerprint density at radius 2 is 1.69 bits per heavy atom. The Morgan fingerprint density at radius 3 is 2.42 bits per heavy atom. The maximum absolute atomic E-state index is 2.52. The number of benzene rings is 1. The third-order valence-electron chi connectivity index (χ3n) is 6.65. The summed E-state index contributed by atoms with van der Waals surface area (Å²) in [4.78, 5) is 0. The van der Waals surface area contributed by atoms with Gasteiger partial charge in [0.25, 0.3) is 0 Å². The van der Waals surface area contributed by atoms with Gasteiger partial charge in [-0.25, -0.2) is 0 Å². The molecule has 0 saturated heterocycles. The maximum Gasteiger partial charge on any atom is 0.0219 e. The van der Waals surface area contributed by atoms with Gasteiger partial charge < -0.3 is 0 Å². The third-order valence-corrected chi connectivity index (χ3v) is 6.65. The summed E-state index contributed by atoms with van der Waals surface area (Å²) in [5.74, 6) is 0.995. The van der Waals surface area contributed by atoms with E-state index in [1.54, 1.807) is 5.57 Å². The molecule has 0 heteroatoms. The molecule has 0 fully saturated rings. The molecule has 26 heavy (non-hydrogen) atoms. The van der Waals surface area contributed by atoms with Crippen LogP contribution in [-0.4, -0.2) is 0 Å². The van der Waals surface area contributed by atoms with E-state index in [9.17, 15) is 0 Å². The molecular weight excluding hydrogens is 312 g/mol. The van der Waals surface area contributed by atoms with E-state index in [0.717, 1.165) is 12.8 Å². The molecule has 1 aromatic rings.